The van der Waals surface area contributed by atoms with Gasteiger partial charge in [0.05, 0.1) is 4.47 Å². The molecule has 1 unspecified atom stereocenters. The number of carbonyl (C=O) groups excluding carboxylic acids is 1. The summed E-state index contributed by atoms with van der Waals surface area (Å²) in [6.45, 7) is 4.32. The number of benzene rings is 2. The van der Waals surface area contributed by atoms with Crippen LogP contribution in [0.25, 0.3) is 0 Å². The molecule has 0 aliphatic heterocycles. The van der Waals surface area contributed by atoms with Crippen LogP contribution in [-0.2, 0) is 0 Å². The minimum atomic E-state index is -0.385. The van der Waals surface area contributed by atoms with Crippen LogP contribution >= 0.6 is 15.9 Å². The molecule has 1 amide bonds. The van der Waals surface area contributed by atoms with Gasteiger partial charge in [0.25, 0.3) is 5.91 Å². The van der Waals surface area contributed by atoms with Gasteiger partial charge in [0.15, 0.2) is 0 Å². The molecule has 21 heavy (non-hydrogen) atoms. The van der Waals surface area contributed by atoms with Crippen molar-refractivity contribution in [2.75, 3.05) is 5.32 Å². The summed E-state index contributed by atoms with van der Waals surface area (Å²) in [4.78, 5) is 12.1. The lowest BCUT2D eigenvalue weighted by molar-refractivity contribution is 0.102. The maximum absolute atomic E-state index is 13.2. The highest BCUT2D eigenvalue weighted by Crippen LogP contribution is 2.21. The van der Waals surface area contributed by atoms with E-state index in [0.717, 1.165) is 12.1 Å². The van der Waals surface area contributed by atoms with Gasteiger partial charge in [-0.25, -0.2) is 4.39 Å². The third-order valence-electron chi connectivity index (χ3n) is 3.53. The van der Waals surface area contributed by atoms with E-state index in [1.54, 1.807) is 0 Å². The summed E-state index contributed by atoms with van der Waals surface area (Å²) < 4.78 is 13.4. The Morgan fingerprint density at radius 2 is 1.90 bits per heavy atom. The molecule has 0 bridgehead atoms. The van der Waals surface area contributed by atoms with Crippen molar-refractivity contribution in [1.82, 2.24) is 0 Å². The fourth-order valence-corrected chi connectivity index (χ4v) is 2.35. The summed E-state index contributed by atoms with van der Waals surface area (Å²) in [6.07, 6.45) is 1.08. The van der Waals surface area contributed by atoms with Crippen LogP contribution < -0.4 is 5.32 Å². The van der Waals surface area contributed by atoms with Crippen molar-refractivity contribution < 1.29 is 9.18 Å². The van der Waals surface area contributed by atoms with Gasteiger partial charge in [0.2, 0.25) is 0 Å². The van der Waals surface area contributed by atoms with Crippen molar-refractivity contribution >= 4 is 27.5 Å². The fraction of sp³-hybridized carbons (Fsp3) is 0.235. The summed E-state index contributed by atoms with van der Waals surface area (Å²) in [5.74, 6) is -0.140. The lowest BCUT2D eigenvalue weighted by Gasteiger charge is -2.10. The Hall–Kier alpha value is -1.68. The highest BCUT2D eigenvalue weighted by Gasteiger charge is 2.09. The maximum Gasteiger partial charge on any atom is 0.255 e. The van der Waals surface area contributed by atoms with Crippen LogP contribution in [0.5, 0.6) is 0 Å². The second-order valence-electron chi connectivity index (χ2n) is 5.01. The molecule has 2 rings (SSSR count). The summed E-state index contributed by atoms with van der Waals surface area (Å²) in [6, 6.07) is 12.0. The zero-order chi connectivity index (χ0) is 15.4. The van der Waals surface area contributed by atoms with Gasteiger partial charge in [-0.2, -0.15) is 0 Å². The second kappa shape index (κ2) is 6.85. The molecule has 110 valence electrons. The largest absolute Gasteiger partial charge is 0.322 e. The first-order valence-electron chi connectivity index (χ1n) is 6.87. The molecule has 0 aliphatic rings. The second-order valence-corrected chi connectivity index (χ2v) is 5.87. The summed E-state index contributed by atoms with van der Waals surface area (Å²) in [5, 5.41) is 2.81. The lowest BCUT2D eigenvalue weighted by Crippen LogP contribution is -2.12. The van der Waals surface area contributed by atoms with Crippen molar-refractivity contribution in [3.05, 3.63) is 63.9 Å². The number of halogens is 2. The molecule has 0 saturated carbocycles. The van der Waals surface area contributed by atoms with E-state index >= 15 is 0 Å². The van der Waals surface area contributed by atoms with E-state index in [2.05, 4.69) is 35.1 Å². The zero-order valence-electron chi connectivity index (χ0n) is 12.0. The molecule has 2 aromatic rings. The van der Waals surface area contributed by atoms with Crippen molar-refractivity contribution in [2.45, 2.75) is 26.2 Å². The Labute approximate surface area is 132 Å². The molecule has 2 aromatic carbocycles. The summed E-state index contributed by atoms with van der Waals surface area (Å²) in [5.41, 5.74) is 2.39. The topological polar surface area (TPSA) is 29.1 Å². The molecule has 1 atom stereocenters. The third-order valence-corrected chi connectivity index (χ3v) is 4.14. The lowest BCUT2D eigenvalue weighted by atomic mass is 9.98. The average molecular weight is 350 g/mol. The molecule has 2 nitrogen and oxygen atoms in total. The number of carbonyl (C=O) groups is 1. The Morgan fingerprint density at radius 3 is 2.48 bits per heavy atom. The highest BCUT2D eigenvalue weighted by molar-refractivity contribution is 9.10. The first kappa shape index (κ1) is 15.7. The van der Waals surface area contributed by atoms with Crippen molar-refractivity contribution in [1.29, 1.82) is 0 Å². The molecule has 0 spiro atoms. The summed E-state index contributed by atoms with van der Waals surface area (Å²) >= 11 is 3.08. The number of nitrogens with one attached hydrogen (secondary N) is 1. The van der Waals surface area contributed by atoms with E-state index < -0.39 is 0 Å². The molecule has 0 heterocycles. The molecule has 0 radical (unpaired) electrons. The Morgan fingerprint density at radius 1 is 1.24 bits per heavy atom. The van der Waals surface area contributed by atoms with Gasteiger partial charge in [-0.15, -0.1) is 0 Å². The molecule has 0 saturated heterocycles. The van der Waals surface area contributed by atoms with Crippen LogP contribution in [0.1, 0.15) is 42.1 Å². The van der Waals surface area contributed by atoms with Crippen molar-refractivity contribution in [2.24, 2.45) is 0 Å². The minimum absolute atomic E-state index is 0.257. The number of rotatable bonds is 4. The molecular weight excluding hydrogens is 333 g/mol. The van der Waals surface area contributed by atoms with Gasteiger partial charge in [-0.1, -0.05) is 26.0 Å². The van der Waals surface area contributed by atoms with Crippen LogP contribution in [-0.4, -0.2) is 5.91 Å². The van der Waals surface area contributed by atoms with E-state index in [1.165, 1.54) is 23.8 Å². The van der Waals surface area contributed by atoms with Gasteiger partial charge in [-0.3, -0.25) is 4.79 Å². The number of hydrogen-bond donors (Lipinski definition) is 1. The number of anilines is 1. The Kier molecular flexibility index (Phi) is 5.12. The first-order valence-corrected chi connectivity index (χ1v) is 7.67. The highest BCUT2D eigenvalue weighted by atomic mass is 79.9. The predicted octanol–water partition coefficient (Wildman–Crippen LogP) is 5.35. The average Bonchev–Trinajstić information content (AvgIpc) is 2.50. The molecule has 0 fully saturated rings. The quantitative estimate of drug-likeness (QED) is 0.791. The van der Waals surface area contributed by atoms with Gasteiger partial charge >= 0.3 is 0 Å². The first-order chi connectivity index (χ1) is 10.0. The van der Waals surface area contributed by atoms with E-state index in [-0.39, 0.29) is 16.2 Å². The number of hydrogen-bond acceptors (Lipinski definition) is 1. The maximum atomic E-state index is 13.2. The van der Waals surface area contributed by atoms with Crippen LogP contribution in [0.3, 0.4) is 0 Å². The number of amides is 1. The smallest absolute Gasteiger partial charge is 0.255 e. The van der Waals surface area contributed by atoms with Crippen molar-refractivity contribution in [3.63, 3.8) is 0 Å². The standard InChI is InChI=1S/C17H17BrFNO/c1-3-11(2)12-4-7-14(8-5-12)20-17(21)13-6-9-16(19)15(18)10-13/h4-11H,3H2,1-2H3,(H,20,21). The molecule has 1 N–H and O–H groups in total. The predicted molar refractivity (Wildman–Crippen MR) is 87.2 cm³/mol. The van der Waals surface area contributed by atoms with Gasteiger partial charge in [0.1, 0.15) is 5.82 Å². The SMILES string of the molecule is CCC(C)c1ccc(NC(=O)c2ccc(F)c(Br)c2)cc1. The zero-order valence-corrected chi connectivity index (χ0v) is 13.6. The normalized spacial score (nSPS) is 12.0. The van der Waals surface area contributed by atoms with Crippen LogP contribution in [0.15, 0.2) is 46.9 Å². The van der Waals surface area contributed by atoms with Gasteiger partial charge in [0, 0.05) is 11.3 Å². The van der Waals surface area contributed by atoms with Crippen LogP contribution in [0.2, 0.25) is 0 Å². The molecule has 0 aliphatic carbocycles. The molecular formula is C17H17BrFNO. The Bertz CT molecular complexity index is 640. The van der Waals surface area contributed by atoms with E-state index in [0.29, 0.717) is 11.5 Å². The van der Waals surface area contributed by atoms with Crippen LogP contribution in [0.4, 0.5) is 10.1 Å². The Balaban J connectivity index is 2.10. The van der Waals surface area contributed by atoms with E-state index in [9.17, 15) is 9.18 Å². The monoisotopic (exact) mass is 349 g/mol. The summed E-state index contributed by atoms with van der Waals surface area (Å²) in [7, 11) is 0. The van der Waals surface area contributed by atoms with E-state index in [4.69, 9.17) is 0 Å². The van der Waals surface area contributed by atoms with Gasteiger partial charge < -0.3 is 5.32 Å². The molecule has 0 aromatic heterocycles. The van der Waals surface area contributed by atoms with Crippen LogP contribution in [0, 0.1) is 5.82 Å². The molecule has 4 heteroatoms. The fourth-order valence-electron chi connectivity index (χ4n) is 1.97. The van der Waals surface area contributed by atoms with E-state index in [1.807, 2.05) is 24.3 Å². The van der Waals surface area contributed by atoms with Crippen molar-refractivity contribution in [3.8, 4) is 0 Å². The van der Waals surface area contributed by atoms with Gasteiger partial charge in [-0.05, 0) is 64.2 Å². The minimum Gasteiger partial charge on any atom is -0.322 e. The third kappa shape index (κ3) is 3.91.